The Morgan fingerprint density at radius 2 is 2.03 bits per heavy atom. The van der Waals surface area contributed by atoms with Gasteiger partial charge in [-0.2, -0.15) is 0 Å². The lowest BCUT2D eigenvalue weighted by molar-refractivity contribution is -0.119. The van der Waals surface area contributed by atoms with Crippen LogP contribution in [0.3, 0.4) is 0 Å². The molecule has 36 heavy (non-hydrogen) atoms. The Kier molecular flexibility index (Phi) is 6.84. The Labute approximate surface area is 216 Å². The topological polar surface area (TPSA) is 88.7 Å². The largest absolute Gasteiger partial charge is 0.438 e. The minimum Gasteiger partial charge on any atom is -0.438 e. The van der Waals surface area contributed by atoms with Gasteiger partial charge in [0.1, 0.15) is 5.76 Å². The summed E-state index contributed by atoms with van der Waals surface area (Å²) in [4.78, 5) is 19.0. The van der Waals surface area contributed by atoms with Crippen molar-refractivity contribution in [2.45, 2.75) is 31.8 Å². The molecule has 0 saturated carbocycles. The predicted octanol–water partition coefficient (Wildman–Crippen LogP) is 4.67. The number of benzene rings is 1. The quantitative estimate of drug-likeness (QED) is 0.618. The Balaban J connectivity index is 1.33. The fourth-order valence-electron chi connectivity index (χ4n) is 5.17. The lowest BCUT2D eigenvalue weighted by Gasteiger charge is -2.38. The Morgan fingerprint density at radius 1 is 1.28 bits per heavy atom. The van der Waals surface area contributed by atoms with Crippen molar-refractivity contribution in [1.82, 2.24) is 9.88 Å². The normalized spacial score (nSPS) is 22.1. The van der Waals surface area contributed by atoms with Gasteiger partial charge in [0.05, 0.1) is 11.5 Å². The number of fused-ring (bicyclic) bond motifs is 2. The molecule has 0 bridgehead atoms. The summed E-state index contributed by atoms with van der Waals surface area (Å²) in [5.74, 6) is 0.170. The van der Waals surface area contributed by atoms with Gasteiger partial charge in [-0.15, -0.1) is 0 Å². The van der Waals surface area contributed by atoms with E-state index in [0.717, 1.165) is 53.9 Å². The van der Waals surface area contributed by atoms with Gasteiger partial charge in [-0.1, -0.05) is 42.0 Å². The van der Waals surface area contributed by atoms with E-state index in [9.17, 15) is 9.90 Å². The van der Waals surface area contributed by atoms with Crippen LogP contribution in [-0.2, 0) is 10.4 Å². The molecular formula is C29H30ClN3O3. The zero-order valence-corrected chi connectivity index (χ0v) is 21.0. The highest BCUT2D eigenvalue weighted by molar-refractivity contribution is 6.30. The standard InChI is InChI=1S/C29H30ClN3O3/c1-19-11-14-32-28-26(19)20(18-24-23(27(31)34)5-2-6-25(24)36-28)4-3-15-33-16-12-29(35,13-17-33)21-7-9-22(30)10-8-21/h2,4-11,14,18,23,35H,3,12-13,15-17H2,1H3,(H2,31,34). The number of aliphatic hydroxyl groups is 1. The number of rotatable bonds is 5. The first-order chi connectivity index (χ1) is 17.3. The number of allylic oxidation sites excluding steroid dienone is 5. The molecule has 2 aliphatic heterocycles. The number of halogens is 1. The number of carbonyl (C=O) groups is 1. The van der Waals surface area contributed by atoms with E-state index in [2.05, 4.69) is 16.0 Å². The first-order valence-electron chi connectivity index (χ1n) is 12.3. The van der Waals surface area contributed by atoms with Crippen molar-refractivity contribution in [2.75, 3.05) is 19.6 Å². The van der Waals surface area contributed by atoms with E-state index in [1.807, 2.05) is 49.4 Å². The minimum absolute atomic E-state index is 0.414. The van der Waals surface area contributed by atoms with Crippen molar-refractivity contribution in [1.29, 1.82) is 0 Å². The second-order valence-electron chi connectivity index (χ2n) is 9.63. The van der Waals surface area contributed by atoms with E-state index in [1.165, 1.54) is 0 Å². The van der Waals surface area contributed by atoms with E-state index in [4.69, 9.17) is 22.1 Å². The molecule has 1 amide bonds. The molecule has 1 aliphatic carbocycles. The SMILES string of the molecule is Cc1ccnc2c1C(=CCCN1CCC(O)(c3ccc(Cl)cc3)CC1)C=C1C(=CC=CC1C(N)=O)O2. The number of ether oxygens (including phenoxy) is 1. The molecule has 1 unspecified atom stereocenters. The zero-order valence-electron chi connectivity index (χ0n) is 20.3. The molecule has 7 heteroatoms. The number of nitrogens with zero attached hydrogens (tertiary/aromatic N) is 2. The molecule has 1 saturated heterocycles. The van der Waals surface area contributed by atoms with Crippen LogP contribution in [0.2, 0.25) is 5.02 Å². The first kappa shape index (κ1) is 24.5. The molecule has 0 spiro atoms. The van der Waals surface area contributed by atoms with Crippen LogP contribution in [0, 0.1) is 12.8 Å². The van der Waals surface area contributed by atoms with Crippen molar-refractivity contribution < 1.29 is 14.6 Å². The average molecular weight is 504 g/mol. The highest BCUT2D eigenvalue weighted by Gasteiger charge is 2.34. The fourth-order valence-corrected chi connectivity index (χ4v) is 5.30. The number of pyridine rings is 1. The maximum atomic E-state index is 12.1. The second-order valence-corrected chi connectivity index (χ2v) is 10.1. The van der Waals surface area contributed by atoms with Crippen LogP contribution in [0.5, 0.6) is 5.88 Å². The van der Waals surface area contributed by atoms with E-state index >= 15 is 0 Å². The first-order valence-corrected chi connectivity index (χ1v) is 12.7. The van der Waals surface area contributed by atoms with Crippen molar-refractivity contribution in [2.24, 2.45) is 11.7 Å². The van der Waals surface area contributed by atoms with Crippen molar-refractivity contribution >= 4 is 23.1 Å². The predicted molar refractivity (Wildman–Crippen MR) is 141 cm³/mol. The number of aryl methyl sites for hydroxylation is 1. The van der Waals surface area contributed by atoms with Gasteiger partial charge in [-0.05, 0) is 73.2 Å². The van der Waals surface area contributed by atoms with Gasteiger partial charge in [-0.3, -0.25) is 4.79 Å². The van der Waals surface area contributed by atoms with E-state index < -0.39 is 17.4 Å². The maximum Gasteiger partial charge on any atom is 0.228 e. The van der Waals surface area contributed by atoms with Crippen LogP contribution < -0.4 is 10.5 Å². The summed E-state index contributed by atoms with van der Waals surface area (Å²) in [5, 5.41) is 11.8. The van der Waals surface area contributed by atoms with Crippen molar-refractivity contribution in [3.05, 3.63) is 100.0 Å². The highest BCUT2D eigenvalue weighted by atomic mass is 35.5. The fraction of sp³-hybridized carbons (Fsp3) is 0.310. The number of aromatic nitrogens is 1. The van der Waals surface area contributed by atoms with Crippen LogP contribution in [0.1, 0.15) is 36.0 Å². The highest BCUT2D eigenvalue weighted by Crippen LogP contribution is 2.39. The molecular weight excluding hydrogens is 474 g/mol. The smallest absolute Gasteiger partial charge is 0.228 e. The molecule has 186 valence electrons. The average Bonchev–Trinajstić information content (AvgIpc) is 3.02. The monoisotopic (exact) mass is 503 g/mol. The van der Waals surface area contributed by atoms with Gasteiger partial charge in [0.15, 0.2) is 0 Å². The summed E-state index contributed by atoms with van der Waals surface area (Å²) < 4.78 is 6.16. The number of hydrogen-bond acceptors (Lipinski definition) is 5. The van der Waals surface area contributed by atoms with E-state index in [-0.39, 0.29) is 0 Å². The van der Waals surface area contributed by atoms with Crippen molar-refractivity contribution in [3.8, 4) is 5.88 Å². The Bertz CT molecular complexity index is 1290. The molecule has 5 rings (SSSR count). The van der Waals surface area contributed by atoms with Crippen molar-refractivity contribution in [3.63, 3.8) is 0 Å². The van der Waals surface area contributed by atoms with Crippen LogP contribution >= 0.6 is 11.6 Å². The third kappa shape index (κ3) is 4.89. The summed E-state index contributed by atoms with van der Waals surface area (Å²) in [6, 6.07) is 9.46. The number of carbonyl (C=O) groups excluding carboxylic acids is 1. The van der Waals surface area contributed by atoms with Gasteiger partial charge in [0, 0.05) is 42.0 Å². The molecule has 1 atom stereocenters. The Hall–Kier alpha value is -3.19. The van der Waals surface area contributed by atoms with Crippen LogP contribution in [0.15, 0.2) is 78.2 Å². The molecule has 1 fully saturated rings. The zero-order chi connectivity index (χ0) is 25.3. The third-order valence-electron chi connectivity index (χ3n) is 7.28. The summed E-state index contributed by atoms with van der Waals surface area (Å²) in [6.45, 7) is 4.52. The molecule has 0 radical (unpaired) electrons. The maximum absolute atomic E-state index is 12.1. The van der Waals surface area contributed by atoms with E-state index in [0.29, 0.717) is 29.5 Å². The lowest BCUT2D eigenvalue weighted by Crippen LogP contribution is -2.42. The van der Waals surface area contributed by atoms with Gasteiger partial charge in [-0.25, -0.2) is 4.98 Å². The molecule has 3 aliphatic rings. The van der Waals surface area contributed by atoms with Gasteiger partial charge in [0.2, 0.25) is 11.8 Å². The number of piperidine rings is 1. The third-order valence-corrected chi connectivity index (χ3v) is 7.53. The summed E-state index contributed by atoms with van der Waals surface area (Å²) in [6.07, 6.45) is 13.5. The molecule has 6 nitrogen and oxygen atoms in total. The Morgan fingerprint density at radius 3 is 2.75 bits per heavy atom. The number of hydrogen-bond donors (Lipinski definition) is 2. The van der Waals surface area contributed by atoms with Crippen LogP contribution in [0.25, 0.3) is 5.57 Å². The van der Waals surface area contributed by atoms with Crippen LogP contribution in [-0.4, -0.2) is 40.5 Å². The van der Waals surface area contributed by atoms with Gasteiger partial charge < -0.3 is 20.5 Å². The molecule has 1 aromatic heterocycles. The number of likely N-dealkylation sites (tertiary alicyclic amines) is 1. The number of nitrogens with two attached hydrogens (primary N) is 1. The molecule has 3 heterocycles. The minimum atomic E-state index is -0.814. The summed E-state index contributed by atoms with van der Waals surface area (Å²) in [7, 11) is 0. The summed E-state index contributed by atoms with van der Waals surface area (Å²) >= 11 is 6.01. The molecule has 1 aromatic carbocycles. The number of primary amides is 1. The lowest BCUT2D eigenvalue weighted by atomic mass is 9.84. The van der Waals surface area contributed by atoms with Crippen LogP contribution in [0.4, 0.5) is 0 Å². The molecule has 2 aromatic rings. The number of amides is 1. The van der Waals surface area contributed by atoms with E-state index in [1.54, 1.807) is 18.3 Å². The van der Waals surface area contributed by atoms with Gasteiger partial charge in [0.25, 0.3) is 0 Å². The van der Waals surface area contributed by atoms with Gasteiger partial charge >= 0.3 is 0 Å². The molecule has 3 N–H and O–H groups in total. The summed E-state index contributed by atoms with van der Waals surface area (Å²) in [5.41, 5.74) is 9.51. The second kappa shape index (κ2) is 10.1.